The van der Waals surface area contributed by atoms with E-state index in [9.17, 15) is 4.79 Å². The van der Waals surface area contributed by atoms with E-state index in [4.69, 9.17) is 4.74 Å². The maximum Gasteiger partial charge on any atom is 0.225 e. The van der Waals surface area contributed by atoms with Crippen molar-refractivity contribution in [2.24, 2.45) is 11.8 Å². The number of rotatable bonds is 7. The van der Waals surface area contributed by atoms with E-state index in [1.54, 1.807) is 0 Å². The molecule has 3 nitrogen and oxygen atoms in total. The smallest absolute Gasteiger partial charge is 0.225 e. The van der Waals surface area contributed by atoms with Gasteiger partial charge in [0.1, 0.15) is 0 Å². The number of ether oxygens (including phenoxy) is 1. The number of hydrogen-bond donors (Lipinski definition) is 1. The minimum atomic E-state index is 0.101. The highest BCUT2D eigenvalue weighted by molar-refractivity contribution is 5.78. The third kappa shape index (κ3) is 4.52. The summed E-state index contributed by atoms with van der Waals surface area (Å²) in [6.07, 6.45) is 5.77. The van der Waals surface area contributed by atoms with Crippen LogP contribution < -0.4 is 5.32 Å². The average Bonchev–Trinajstić information content (AvgIpc) is 2.82. The van der Waals surface area contributed by atoms with Crippen molar-refractivity contribution >= 4 is 5.91 Å². The van der Waals surface area contributed by atoms with E-state index in [1.165, 1.54) is 19.3 Å². The van der Waals surface area contributed by atoms with Crippen LogP contribution in [-0.4, -0.2) is 25.7 Å². The van der Waals surface area contributed by atoms with Gasteiger partial charge in [-0.3, -0.25) is 4.79 Å². The van der Waals surface area contributed by atoms with Crippen LogP contribution in [0.3, 0.4) is 0 Å². The molecule has 0 saturated carbocycles. The minimum absolute atomic E-state index is 0.101. The maximum atomic E-state index is 11.7. The van der Waals surface area contributed by atoms with Crippen molar-refractivity contribution in [1.82, 2.24) is 5.32 Å². The first kappa shape index (κ1) is 13.5. The van der Waals surface area contributed by atoms with E-state index in [1.807, 2.05) is 0 Å². The van der Waals surface area contributed by atoms with Gasteiger partial charge in [-0.05, 0) is 18.8 Å². The van der Waals surface area contributed by atoms with Gasteiger partial charge in [-0.15, -0.1) is 0 Å². The van der Waals surface area contributed by atoms with Crippen LogP contribution in [0.1, 0.15) is 46.0 Å². The molecule has 0 unspecified atom stereocenters. The van der Waals surface area contributed by atoms with Crippen LogP contribution in [-0.2, 0) is 9.53 Å². The first-order valence-electron chi connectivity index (χ1n) is 6.63. The van der Waals surface area contributed by atoms with Crippen LogP contribution in [0.2, 0.25) is 0 Å². The molecule has 1 saturated heterocycles. The molecule has 1 rings (SSSR count). The fraction of sp³-hybridized carbons (Fsp3) is 0.923. The second kappa shape index (κ2) is 7.66. The predicted octanol–water partition coefficient (Wildman–Crippen LogP) is 2.36. The summed E-state index contributed by atoms with van der Waals surface area (Å²) in [4.78, 5) is 11.7. The molecule has 1 heterocycles. The number of carbonyl (C=O) groups excluding carboxylic acids is 1. The summed E-state index contributed by atoms with van der Waals surface area (Å²) in [7, 11) is 0. The molecular formula is C13H25NO2. The van der Waals surface area contributed by atoms with E-state index < -0.39 is 0 Å². The average molecular weight is 227 g/mol. The van der Waals surface area contributed by atoms with Crippen LogP contribution in [0.15, 0.2) is 0 Å². The van der Waals surface area contributed by atoms with Crippen molar-refractivity contribution in [2.75, 3.05) is 19.8 Å². The Morgan fingerprint density at radius 1 is 1.50 bits per heavy atom. The number of carbonyl (C=O) groups is 1. The largest absolute Gasteiger partial charge is 0.381 e. The monoisotopic (exact) mass is 227 g/mol. The fourth-order valence-electron chi connectivity index (χ4n) is 2.07. The molecule has 0 aromatic rings. The molecule has 0 radical (unpaired) electrons. The summed E-state index contributed by atoms with van der Waals surface area (Å²) >= 11 is 0. The summed E-state index contributed by atoms with van der Waals surface area (Å²) < 4.78 is 5.22. The Bertz CT molecular complexity index is 200. The number of unbranched alkanes of at least 4 members (excludes halogenated alkanes) is 1. The molecule has 1 fully saturated rings. The molecule has 3 heteroatoms. The summed E-state index contributed by atoms with van der Waals surface area (Å²) in [6, 6.07) is 0. The second-order valence-corrected chi connectivity index (χ2v) is 4.72. The quantitative estimate of drug-likeness (QED) is 0.725. The number of hydrogen-bond acceptors (Lipinski definition) is 2. The molecular weight excluding hydrogens is 202 g/mol. The second-order valence-electron chi connectivity index (χ2n) is 4.72. The number of amides is 1. The summed E-state index contributed by atoms with van der Waals surface area (Å²) in [5, 5.41) is 3.07. The van der Waals surface area contributed by atoms with Gasteiger partial charge in [0, 0.05) is 13.2 Å². The third-order valence-corrected chi connectivity index (χ3v) is 3.41. The summed E-state index contributed by atoms with van der Waals surface area (Å²) in [6.45, 7) is 6.60. The third-order valence-electron chi connectivity index (χ3n) is 3.41. The molecule has 0 spiro atoms. The van der Waals surface area contributed by atoms with E-state index in [-0.39, 0.29) is 11.8 Å². The number of nitrogens with one attached hydrogen (secondary N) is 1. The predicted molar refractivity (Wildman–Crippen MR) is 65.2 cm³/mol. The lowest BCUT2D eigenvalue weighted by molar-refractivity contribution is -0.125. The molecule has 1 amide bonds. The Morgan fingerprint density at radius 2 is 2.31 bits per heavy atom. The first-order chi connectivity index (χ1) is 7.77. The Kier molecular flexibility index (Phi) is 6.46. The Balaban J connectivity index is 2.17. The molecule has 0 aromatic heterocycles. The van der Waals surface area contributed by atoms with Gasteiger partial charge in [0.15, 0.2) is 0 Å². The Morgan fingerprint density at radius 3 is 2.88 bits per heavy atom. The zero-order chi connectivity index (χ0) is 11.8. The zero-order valence-electron chi connectivity index (χ0n) is 10.6. The van der Waals surface area contributed by atoms with Crippen molar-refractivity contribution < 1.29 is 9.53 Å². The van der Waals surface area contributed by atoms with Crippen LogP contribution in [0.4, 0.5) is 0 Å². The van der Waals surface area contributed by atoms with Gasteiger partial charge < -0.3 is 10.1 Å². The van der Waals surface area contributed by atoms with E-state index in [0.717, 1.165) is 26.0 Å². The maximum absolute atomic E-state index is 11.7. The van der Waals surface area contributed by atoms with Crippen LogP contribution >= 0.6 is 0 Å². The van der Waals surface area contributed by atoms with Crippen LogP contribution in [0.5, 0.6) is 0 Å². The molecule has 0 bridgehead atoms. The highest BCUT2D eigenvalue weighted by Crippen LogP contribution is 2.14. The normalized spacial score (nSPS) is 22.0. The SMILES string of the molecule is CCCC[C@@H](CC)CNC(=O)[C@H]1CCOC1. The standard InChI is InChI=1S/C13H25NO2/c1-3-5-6-11(4-2)9-14-13(15)12-7-8-16-10-12/h11-12H,3-10H2,1-2H3,(H,14,15)/t11-,12+/m1/s1. The van der Waals surface area contributed by atoms with Crippen molar-refractivity contribution in [2.45, 2.75) is 46.0 Å². The van der Waals surface area contributed by atoms with Gasteiger partial charge in [-0.2, -0.15) is 0 Å². The topological polar surface area (TPSA) is 38.3 Å². The van der Waals surface area contributed by atoms with Crippen LogP contribution in [0.25, 0.3) is 0 Å². The minimum Gasteiger partial charge on any atom is -0.381 e. The lowest BCUT2D eigenvalue weighted by atomic mass is 9.99. The molecule has 0 aliphatic carbocycles. The highest BCUT2D eigenvalue weighted by Gasteiger charge is 2.23. The van der Waals surface area contributed by atoms with Crippen molar-refractivity contribution in [3.63, 3.8) is 0 Å². The summed E-state index contributed by atoms with van der Waals surface area (Å²) in [5.74, 6) is 0.933. The molecule has 1 aliphatic rings. The first-order valence-corrected chi connectivity index (χ1v) is 6.63. The van der Waals surface area contributed by atoms with Crippen molar-refractivity contribution in [3.8, 4) is 0 Å². The molecule has 2 atom stereocenters. The Hall–Kier alpha value is -0.570. The molecule has 94 valence electrons. The van der Waals surface area contributed by atoms with E-state index >= 15 is 0 Å². The van der Waals surface area contributed by atoms with Gasteiger partial charge in [-0.1, -0.05) is 33.1 Å². The van der Waals surface area contributed by atoms with Gasteiger partial charge in [-0.25, -0.2) is 0 Å². The lowest BCUT2D eigenvalue weighted by Gasteiger charge is -2.16. The van der Waals surface area contributed by atoms with Gasteiger partial charge >= 0.3 is 0 Å². The molecule has 16 heavy (non-hydrogen) atoms. The summed E-state index contributed by atoms with van der Waals surface area (Å²) in [5.41, 5.74) is 0. The Labute approximate surface area is 98.9 Å². The highest BCUT2D eigenvalue weighted by atomic mass is 16.5. The van der Waals surface area contributed by atoms with Crippen molar-refractivity contribution in [1.29, 1.82) is 0 Å². The van der Waals surface area contributed by atoms with Crippen molar-refractivity contribution in [3.05, 3.63) is 0 Å². The van der Waals surface area contributed by atoms with Gasteiger partial charge in [0.25, 0.3) is 0 Å². The van der Waals surface area contributed by atoms with E-state index in [0.29, 0.717) is 12.5 Å². The van der Waals surface area contributed by atoms with E-state index in [2.05, 4.69) is 19.2 Å². The lowest BCUT2D eigenvalue weighted by Crippen LogP contribution is -2.34. The molecule has 0 aromatic carbocycles. The van der Waals surface area contributed by atoms with Gasteiger partial charge in [0.2, 0.25) is 5.91 Å². The molecule has 1 aliphatic heterocycles. The zero-order valence-corrected chi connectivity index (χ0v) is 10.6. The molecule has 1 N–H and O–H groups in total. The van der Waals surface area contributed by atoms with Gasteiger partial charge in [0.05, 0.1) is 12.5 Å². The van der Waals surface area contributed by atoms with Crippen LogP contribution in [0, 0.1) is 11.8 Å². The fourth-order valence-corrected chi connectivity index (χ4v) is 2.07.